The number of carbonyl (C=O) groups excluding carboxylic acids is 1. The molecular weight excluding hydrogens is 271 g/mol. The Kier molecular flexibility index (Phi) is 3.80. The molecule has 0 aliphatic carbocycles. The zero-order valence-corrected chi connectivity index (χ0v) is 11.1. The molecule has 7 heteroatoms. The van der Waals surface area contributed by atoms with E-state index in [1.165, 1.54) is 12.1 Å². The predicted octanol–water partition coefficient (Wildman–Crippen LogP) is 2.97. The summed E-state index contributed by atoms with van der Waals surface area (Å²) in [7, 11) is 0. The quantitative estimate of drug-likeness (QED) is 0.909. The summed E-state index contributed by atoms with van der Waals surface area (Å²) in [6, 6.07) is 3.71. The van der Waals surface area contributed by atoms with Gasteiger partial charge < -0.3 is 5.32 Å². The molecule has 0 fully saturated rings. The van der Waals surface area contributed by atoms with Crippen LogP contribution in [0.5, 0.6) is 0 Å². The van der Waals surface area contributed by atoms with Crippen molar-refractivity contribution >= 4 is 23.2 Å². The van der Waals surface area contributed by atoms with E-state index in [-0.39, 0.29) is 22.5 Å². The number of halogens is 2. The van der Waals surface area contributed by atoms with Crippen LogP contribution in [-0.4, -0.2) is 21.1 Å². The molecule has 0 spiro atoms. The number of amides is 1. The molecule has 0 saturated carbocycles. The van der Waals surface area contributed by atoms with E-state index in [1.54, 1.807) is 0 Å². The van der Waals surface area contributed by atoms with Gasteiger partial charge in [-0.1, -0.05) is 25.4 Å². The van der Waals surface area contributed by atoms with E-state index in [0.29, 0.717) is 5.82 Å². The summed E-state index contributed by atoms with van der Waals surface area (Å²) in [6.07, 6.45) is 0. The standard InChI is InChI=1S/C12H12ClFN4O/c1-6(2)10-16-11(18-17-10)12(19)15-9-5-7(14)3-4-8(9)13/h3-6H,1-2H3,(H,15,19)(H,16,17,18). The molecule has 1 heterocycles. The number of nitrogens with one attached hydrogen (secondary N) is 2. The van der Waals surface area contributed by atoms with Crippen LogP contribution in [-0.2, 0) is 0 Å². The molecule has 0 aliphatic rings. The molecule has 0 atom stereocenters. The van der Waals surface area contributed by atoms with Gasteiger partial charge in [0.1, 0.15) is 11.6 Å². The van der Waals surface area contributed by atoms with Crippen molar-refractivity contribution in [2.45, 2.75) is 19.8 Å². The zero-order chi connectivity index (χ0) is 14.0. The Hall–Kier alpha value is -1.95. The van der Waals surface area contributed by atoms with Crippen molar-refractivity contribution in [3.8, 4) is 0 Å². The van der Waals surface area contributed by atoms with Crippen LogP contribution in [0.4, 0.5) is 10.1 Å². The lowest BCUT2D eigenvalue weighted by atomic mass is 10.2. The van der Waals surface area contributed by atoms with Crippen LogP contribution in [0.3, 0.4) is 0 Å². The maximum absolute atomic E-state index is 13.1. The third-order valence-corrected chi connectivity index (χ3v) is 2.76. The van der Waals surface area contributed by atoms with Crippen molar-refractivity contribution < 1.29 is 9.18 Å². The fourth-order valence-corrected chi connectivity index (χ4v) is 1.57. The number of carbonyl (C=O) groups is 1. The van der Waals surface area contributed by atoms with Crippen LogP contribution in [0.25, 0.3) is 0 Å². The smallest absolute Gasteiger partial charge is 0.295 e. The Labute approximate surface area is 114 Å². The van der Waals surface area contributed by atoms with Crippen LogP contribution in [0.15, 0.2) is 18.2 Å². The topological polar surface area (TPSA) is 70.7 Å². The minimum Gasteiger partial charge on any atom is -0.318 e. The van der Waals surface area contributed by atoms with Gasteiger partial charge in [0.15, 0.2) is 0 Å². The summed E-state index contributed by atoms with van der Waals surface area (Å²) < 4.78 is 13.1. The second kappa shape index (κ2) is 5.36. The molecule has 100 valence electrons. The second-order valence-corrected chi connectivity index (χ2v) is 4.68. The van der Waals surface area contributed by atoms with E-state index in [2.05, 4.69) is 20.5 Å². The summed E-state index contributed by atoms with van der Waals surface area (Å²) in [4.78, 5) is 15.9. The Morgan fingerprint density at radius 2 is 2.21 bits per heavy atom. The molecule has 0 bridgehead atoms. The van der Waals surface area contributed by atoms with Crippen molar-refractivity contribution in [3.05, 3.63) is 40.7 Å². The lowest BCUT2D eigenvalue weighted by Gasteiger charge is -2.04. The lowest BCUT2D eigenvalue weighted by molar-refractivity contribution is 0.101. The van der Waals surface area contributed by atoms with Crippen molar-refractivity contribution in [1.82, 2.24) is 15.2 Å². The molecule has 5 nitrogen and oxygen atoms in total. The number of aromatic nitrogens is 3. The third-order valence-electron chi connectivity index (χ3n) is 2.43. The van der Waals surface area contributed by atoms with Gasteiger partial charge in [0.25, 0.3) is 5.91 Å². The van der Waals surface area contributed by atoms with Crippen LogP contribution in [0.2, 0.25) is 5.02 Å². The highest BCUT2D eigenvalue weighted by Crippen LogP contribution is 2.22. The number of nitrogens with zero attached hydrogens (tertiary/aromatic N) is 2. The first-order valence-electron chi connectivity index (χ1n) is 5.66. The summed E-state index contributed by atoms with van der Waals surface area (Å²) >= 11 is 5.85. The minimum absolute atomic E-state index is 0.0102. The van der Waals surface area contributed by atoms with E-state index in [1.807, 2.05) is 13.8 Å². The molecule has 0 radical (unpaired) electrons. The van der Waals surface area contributed by atoms with E-state index in [0.717, 1.165) is 6.07 Å². The highest BCUT2D eigenvalue weighted by atomic mass is 35.5. The predicted molar refractivity (Wildman–Crippen MR) is 69.8 cm³/mol. The third kappa shape index (κ3) is 3.08. The number of hydrogen-bond acceptors (Lipinski definition) is 3. The fourth-order valence-electron chi connectivity index (χ4n) is 1.41. The summed E-state index contributed by atoms with van der Waals surface area (Å²) in [5.41, 5.74) is 0.183. The van der Waals surface area contributed by atoms with E-state index in [9.17, 15) is 9.18 Å². The van der Waals surface area contributed by atoms with E-state index >= 15 is 0 Å². The van der Waals surface area contributed by atoms with Gasteiger partial charge in [-0.25, -0.2) is 9.37 Å². The fraction of sp³-hybridized carbons (Fsp3) is 0.250. The zero-order valence-electron chi connectivity index (χ0n) is 10.4. The van der Waals surface area contributed by atoms with Gasteiger partial charge in [0.2, 0.25) is 5.82 Å². The average molecular weight is 283 g/mol. The first-order valence-corrected chi connectivity index (χ1v) is 6.04. The monoisotopic (exact) mass is 282 g/mol. The molecule has 2 rings (SSSR count). The number of hydrogen-bond donors (Lipinski definition) is 2. The summed E-state index contributed by atoms with van der Waals surface area (Å²) in [5.74, 6) is -0.306. The molecular formula is C12H12ClFN4O. The van der Waals surface area contributed by atoms with Crippen molar-refractivity contribution in [2.75, 3.05) is 5.32 Å². The van der Waals surface area contributed by atoms with E-state index < -0.39 is 11.7 Å². The van der Waals surface area contributed by atoms with Gasteiger partial charge in [-0.05, 0) is 18.2 Å². The van der Waals surface area contributed by atoms with Gasteiger partial charge in [-0.2, -0.15) is 0 Å². The number of benzene rings is 1. The molecule has 2 aromatic rings. The SMILES string of the molecule is CC(C)c1nc(C(=O)Nc2cc(F)ccc2Cl)n[nH]1. The summed E-state index contributed by atoms with van der Waals surface area (Å²) in [5, 5.41) is 9.18. The largest absolute Gasteiger partial charge is 0.318 e. The molecule has 1 aromatic carbocycles. The maximum Gasteiger partial charge on any atom is 0.295 e. The number of H-pyrrole nitrogens is 1. The van der Waals surface area contributed by atoms with E-state index in [4.69, 9.17) is 11.6 Å². The van der Waals surface area contributed by atoms with Crippen molar-refractivity contribution in [3.63, 3.8) is 0 Å². The first kappa shape index (κ1) is 13.5. The first-order chi connectivity index (χ1) is 8.97. The molecule has 19 heavy (non-hydrogen) atoms. The molecule has 1 amide bonds. The molecule has 1 aromatic heterocycles. The highest BCUT2D eigenvalue weighted by Gasteiger charge is 2.15. The minimum atomic E-state index is -0.546. The maximum atomic E-state index is 13.1. The van der Waals surface area contributed by atoms with Gasteiger partial charge >= 0.3 is 0 Å². The van der Waals surface area contributed by atoms with Crippen LogP contribution in [0.1, 0.15) is 36.2 Å². The average Bonchev–Trinajstić information content (AvgIpc) is 2.83. The molecule has 2 N–H and O–H groups in total. The van der Waals surface area contributed by atoms with Gasteiger partial charge in [0.05, 0.1) is 10.7 Å². The molecule has 0 unspecified atom stereocenters. The molecule has 0 saturated heterocycles. The number of aromatic amines is 1. The second-order valence-electron chi connectivity index (χ2n) is 4.28. The highest BCUT2D eigenvalue weighted by molar-refractivity contribution is 6.33. The Bertz CT molecular complexity index is 612. The Morgan fingerprint density at radius 1 is 1.47 bits per heavy atom. The van der Waals surface area contributed by atoms with Crippen LogP contribution >= 0.6 is 11.6 Å². The van der Waals surface area contributed by atoms with Gasteiger partial charge in [-0.15, -0.1) is 5.10 Å². The van der Waals surface area contributed by atoms with Crippen LogP contribution in [0, 0.1) is 5.82 Å². The van der Waals surface area contributed by atoms with Crippen LogP contribution < -0.4 is 5.32 Å². The van der Waals surface area contributed by atoms with Crippen molar-refractivity contribution in [2.24, 2.45) is 0 Å². The normalized spacial score (nSPS) is 10.8. The van der Waals surface area contributed by atoms with Gasteiger partial charge in [0, 0.05) is 5.92 Å². The van der Waals surface area contributed by atoms with Crippen molar-refractivity contribution in [1.29, 1.82) is 0 Å². The molecule has 0 aliphatic heterocycles. The number of anilines is 1. The number of rotatable bonds is 3. The Balaban J connectivity index is 2.18. The Morgan fingerprint density at radius 3 is 2.84 bits per heavy atom. The summed E-state index contributed by atoms with van der Waals surface area (Å²) in [6.45, 7) is 3.84. The van der Waals surface area contributed by atoms with Gasteiger partial charge in [-0.3, -0.25) is 9.89 Å². The lowest BCUT2D eigenvalue weighted by Crippen LogP contribution is -2.14.